The molecule has 1 saturated heterocycles. The summed E-state index contributed by atoms with van der Waals surface area (Å²) in [7, 11) is 0. The van der Waals surface area contributed by atoms with E-state index >= 15 is 0 Å². The van der Waals surface area contributed by atoms with E-state index in [9.17, 15) is 4.39 Å². The Morgan fingerprint density at radius 1 is 1.12 bits per heavy atom. The SMILES string of the molecule is FC[C@@H]1CN(Cc2ccncc2)C[C@H]1c1nc(C2CCCCC2)n[nH]1. The normalized spacial score (nSPS) is 25.5. The number of H-pyrrole nitrogens is 1. The second-order valence-corrected chi connectivity index (χ2v) is 7.48. The molecule has 4 rings (SSSR count). The summed E-state index contributed by atoms with van der Waals surface area (Å²) < 4.78 is 13.6. The molecule has 3 heterocycles. The first kappa shape index (κ1) is 16.6. The lowest BCUT2D eigenvalue weighted by atomic mass is 9.89. The summed E-state index contributed by atoms with van der Waals surface area (Å²) >= 11 is 0. The number of hydrogen-bond donors (Lipinski definition) is 1. The Balaban J connectivity index is 1.44. The molecule has 1 saturated carbocycles. The van der Waals surface area contributed by atoms with E-state index in [2.05, 4.69) is 20.1 Å². The Morgan fingerprint density at radius 2 is 1.92 bits per heavy atom. The highest BCUT2D eigenvalue weighted by Crippen LogP contribution is 2.34. The monoisotopic (exact) mass is 343 g/mol. The zero-order valence-electron chi connectivity index (χ0n) is 14.6. The topological polar surface area (TPSA) is 57.7 Å². The molecule has 2 aromatic rings. The summed E-state index contributed by atoms with van der Waals surface area (Å²) in [5.74, 6) is 2.41. The molecule has 2 aromatic heterocycles. The minimum atomic E-state index is -0.309. The first-order valence-corrected chi connectivity index (χ1v) is 9.43. The molecule has 0 radical (unpaired) electrons. The van der Waals surface area contributed by atoms with Gasteiger partial charge in [0.25, 0.3) is 0 Å². The second-order valence-electron chi connectivity index (χ2n) is 7.48. The smallest absolute Gasteiger partial charge is 0.153 e. The van der Waals surface area contributed by atoms with Crippen molar-refractivity contribution >= 4 is 0 Å². The molecule has 2 aliphatic rings. The Hall–Kier alpha value is -1.82. The van der Waals surface area contributed by atoms with Crippen LogP contribution in [0.15, 0.2) is 24.5 Å². The van der Waals surface area contributed by atoms with E-state index in [1.807, 2.05) is 24.5 Å². The fourth-order valence-corrected chi connectivity index (χ4v) is 4.30. The van der Waals surface area contributed by atoms with E-state index in [0.717, 1.165) is 31.3 Å². The summed E-state index contributed by atoms with van der Waals surface area (Å²) in [4.78, 5) is 11.2. The summed E-state index contributed by atoms with van der Waals surface area (Å²) in [6.45, 7) is 2.12. The van der Waals surface area contributed by atoms with Gasteiger partial charge in [-0.25, -0.2) is 4.98 Å². The van der Waals surface area contributed by atoms with E-state index in [1.54, 1.807) is 0 Å². The predicted molar refractivity (Wildman–Crippen MR) is 93.9 cm³/mol. The molecule has 2 fully saturated rings. The lowest BCUT2D eigenvalue weighted by molar-refractivity contribution is 0.295. The van der Waals surface area contributed by atoms with Gasteiger partial charge in [0.1, 0.15) is 5.82 Å². The van der Waals surface area contributed by atoms with Gasteiger partial charge in [-0.05, 0) is 30.5 Å². The number of rotatable bonds is 5. The number of nitrogens with one attached hydrogen (secondary N) is 1. The van der Waals surface area contributed by atoms with Gasteiger partial charge in [0.05, 0.1) is 6.67 Å². The van der Waals surface area contributed by atoms with Crippen LogP contribution in [0.2, 0.25) is 0 Å². The van der Waals surface area contributed by atoms with Crippen molar-refractivity contribution in [3.05, 3.63) is 41.7 Å². The number of hydrogen-bond acceptors (Lipinski definition) is 4. The molecular formula is C19H26FN5. The predicted octanol–water partition coefficient (Wildman–Crippen LogP) is 3.43. The molecule has 0 spiro atoms. The van der Waals surface area contributed by atoms with E-state index in [4.69, 9.17) is 4.98 Å². The average Bonchev–Trinajstić information content (AvgIpc) is 3.30. The van der Waals surface area contributed by atoms with Crippen LogP contribution in [0.4, 0.5) is 4.39 Å². The zero-order valence-corrected chi connectivity index (χ0v) is 14.6. The van der Waals surface area contributed by atoms with Gasteiger partial charge in [0.15, 0.2) is 5.82 Å². The largest absolute Gasteiger partial charge is 0.298 e. The minimum absolute atomic E-state index is 0.00556. The fourth-order valence-electron chi connectivity index (χ4n) is 4.30. The van der Waals surface area contributed by atoms with Crippen LogP contribution in [0.25, 0.3) is 0 Å². The third kappa shape index (κ3) is 3.73. The molecule has 0 amide bonds. The number of aromatic amines is 1. The average molecular weight is 343 g/mol. The van der Waals surface area contributed by atoms with Gasteiger partial charge in [-0.2, -0.15) is 5.10 Å². The maximum atomic E-state index is 13.6. The van der Waals surface area contributed by atoms with Gasteiger partial charge >= 0.3 is 0 Å². The van der Waals surface area contributed by atoms with Crippen LogP contribution in [0.1, 0.15) is 61.2 Å². The summed E-state index contributed by atoms with van der Waals surface area (Å²) in [5, 5.41) is 7.61. The molecule has 0 bridgehead atoms. The highest BCUT2D eigenvalue weighted by molar-refractivity contribution is 5.12. The summed E-state index contributed by atoms with van der Waals surface area (Å²) in [6, 6.07) is 4.04. The maximum Gasteiger partial charge on any atom is 0.153 e. The van der Waals surface area contributed by atoms with Crippen LogP contribution in [0.3, 0.4) is 0 Å². The number of nitrogens with zero attached hydrogens (tertiary/aromatic N) is 4. The first-order chi connectivity index (χ1) is 12.3. The second kappa shape index (κ2) is 7.60. The molecule has 6 heteroatoms. The molecule has 1 N–H and O–H groups in total. The quantitative estimate of drug-likeness (QED) is 0.903. The lowest BCUT2D eigenvalue weighted by Crippen LogP contribution is -2.20. The van der Waals surface area contributed by atoms with Crippen molar-refractivity contribution in [3.8, 4) is 0 Å². The van der Waals surface area contributed by atoms with Crippen molar-refractivity contribution in [2.75, 3.05) is 19.8 Å². The number of aromatic nitrogens is 4. The van der Waals surface area contributed by atoms with Crippen molar-refractivity contribution < 1.29 is 4.39 Å². The van der Waals surface area contributed by atoms with Crippen molar-refractivity contribution in [3.63, 3.8) is 0 Å². The standard InChI is InChI=1S/C19H26FN5/c20-10-16-12-25(11-14-6-8-21-9-7-14)13-17(16)19-22-18(23-24-19)15-4-2-1-3-5-15/h6-9,15-17H,1-5,10-13H2,(H,22,23,24)/t16-,17-/m1/s1. The Kier molecular flexibility index (Phi) is 5.06. The van der Waals surface area contributed by atoms with Gasteiger partial charge in [-0.1, -0.05) is 19.3 Å². The summed E-state index contributed by atoms with van der Waals surface area (Å²) in [5.41, 5.74) is 1.22. The van der Waals surface area contributed by atoms with Crippen LogP contribution in [-0.4, -0.2) is 44.8 Å². The minimum Gasteiger partial charge on any atom is -0.298 e. The van der Waals surface area contributed by atoms with Crippen molar-refractivity contribution in [1.82, 2.24) is 25.1 Å². The molecular weight excluding hydrogens is 317 g/mol. The molecule has 0 aromatic carbocycles. The third-order valence-electron chi connectivity index (χ3n) is 5.71. The summed E-state index contributed by atoms with van der Waals surface area (Å²) in [6.07, 6.45) is 9.84. The van der Waals surface area contributed by atoms with Crippen molar-refractivity contribution in [2.24, 2.45) is 5.92 Å². The van der Waals surface area contributed by atoms with Gasteiger partial charge in [-0.3, -0.25) is 19.4 Å². The first-order valence-electron chi connectivity index (χ1n) is 9.43. The van der Waals surface area contributed by atoms with Crippen LogP contribution in [0.5, 0.6) is 0 Å². The molecule has 0 unspecified atom stereocenters. The Bertz CT molecular complexity index is 667. The van der Waals surface area contributed by atoms with Gasteiger partial charge < -0.3 is 0 Å². The molecule has 1 aliphatic carbocycles. The van der Waals surface area contributed by atoms with E-state index < -0.39 is 0 Å². The number of pyridine rings is 1. The van der Waals surface area contributed by atoms with Crippen molar-refractivity contribution in [1.29, 1.82) is 0 Å². The lowest BCUT2D eigenvalue weighted by Gasteiger charge is -2.18. The van der Waals surface area contributed by atoms with Gasteiger partial charge in [0, 0.05) is 49.8 Å². The van der Waals surface area contributed by atoms with Crippen LogP contribution < -0.4 is 0 Å². The van der Waals surface area contributed by atoms with E-state index in [-0.39, 0.29) is 18.5 Å². The van der Waals surface area contributed by atoms with Gasteiger partial charge in [-0.15, -0.1) is 0 Å². The molecule has 5 nitrogen and oxygen atoms in total. The van der Waals surface area contributed by atoms with Crippen LogP contribution >= 0.6 is 0 Å². The zero-order chi connectivity index (χ0) is 17.1. The highest BCUT2D eigenvalue weighted by atomic mass is 19.1. The van der Waals surface area contributed by atoms with Gasteiger partial charge in [0.2, 0.25) is 0 Å². The van der Waals surface area contributed by atoms with Crippen LogP contribution in [0, 0.1) is 5.92 Å². The van der Waals surface area contributed by atoms with E-state index in [0.29, 0.717) is 5.92 Å². The van der Waals surface area contributed by atoms with E-state index in [1.165, 1.54) is 37.7 Å². The highest BCUT2D eigenvalue weighted by Gasteiger charge is 2.36. The molecule has 1 aliphatic heterocycles. The number of halogens is 1. The molecule has 25 heavy (non-hydrogen) atoms. The number of likely N-dealkylation sites (tertiary alicyclic amines) is 1. The fraction of sp³-hybridized carbons (Fsp3) is 0.632. The Morgan fingerprint density at radius 3 is 2.68 bits per heavy atom. The number of alkyl halides is 1. The van der Waals surface area contributed by atoms with Crippen LogP contribution in [-0.2, 0) is 6.54 Å². The molecule has 2 atom stereocenters. The van der Waals surface area contributed by atoms with Crippen molar-refractivity contribution in [2.45, 2.75) is 50.5 Å². The maximum absolute atomic E-state index is 13.6. The third-order valence-corrected chi connectivity index (χ3v) is 5.71. The molecule has 134 valence electrons. The Labute approximate surface area is 148 Å².